The van der Waals surface area contributed by atoms with Crippen LogP contribution in [0, 0.1) is 0 Å². The molecule has 0 aliphatic heterocycles. The normalized spacial score (nSPS) is 11.6. The van der Waals surface area contributed by atoms with Crippen LogP contribution in [0.5, 0.6) is 5.75 Å². The minimum absolute atomic E-state index is 0.115. The van der Waals surface area contributed by atoms with E-state index in [1.54, 1.807) is 18.2 Å². The predicted molar refractivity (Wildman–Crippen MR) is 122 cm³/mol. The topological polar surface area (TPSA) is 64.3 Å². The Hall–Kier alpha value is -3.60. The van der Waals surface area contributed by atoms with Crippen LogP contribution < -0.4 is 4.74 Å². The molecule has 0 bridgehead atoms. The van der Waals surface area contributed by atoms with Crippen LogP contribution in [0.15, 0.2) is 72.8 Å². The number of aromatic nitrogens is 2. The van der Waals surface area contributed by atoms with Crippen molar-refractivity contribution in [1.29, 1.82) is 0 Å². The minimum Gasteiger partial charge on any atom is -0.486 e. The zero-order valence-electron chi connectivity index (χ0n) is 18.0. The van der Waals surface area contributed by atoms with Crippen molar-refractivity contribution in [3.63, 3.8) is 0 Å². The molecule has 5 nitrogen and oxygen atoms in total. The molecule has 5 heteroatoms. The number of carboxylic acids is 1. The third-order valence-electron chi connectivity index (χ3n) is 5.34. The smallest absolute Gasteiger partial charge is 0.335 e. The minimum atomic E-state index is -0.976. The number of benzene rings is 3. The van der Waals surface area contributed by atoms with Crippen LogP contribution >= 0.6 is 0 Å². The van der Waals surface area contributed by atoms with Crippen molar-refractivity contribution < 1.29 is 14.6 Å². The summed E-state index contributed by atoms with van der Waals surface area (Å²) in [7, 11) is 0. The van der Waals surface area contributed by atoms with Gasteiger partial charge in [0, 0.05) is 6.54 Å². The Labute approximate surface area is 181 Å². The average Bonchev–Trinajstić information content (AvgIpc) is 3.09. The number of rotatable bonds is 6. The number of nitrogens with zero attached hydrogens (tertiary/aromatic N) is 2. The summed E-state index contributed by atoms with van der Waals surface area (Å²) in [6.45, 7) is 7.55. The monoisotopic (exact) mass is 414 g/mol. The number of carbonyl (C=O) groups is 1. The standard InChI is InChI=1S/C26H26N2O3/c1-26(2,3)20-13-11-18(12-14-20)16-28-23-10-5-4-9-22(23)27-24(28)17-31-21-8-6-7-19(15-21)25(29)30/h4-15H,16-17H2,1-3H3,(H,29,30). The molecule has 0 saturated carbocycles. The van der Waals surface area contributed by atoms with Gasteiger partial charge in [-0.15, -0.1) is 0 Å². The Morgan fingerprint density at radius 2 is 1.74 bits per heavy atom. The van der Waals surface area contributed by atoms with Gasteiger partial charge in [0.25, 0.3) is 0 Å². The van der Waals surface area contributed by atoms with E-state index in [4.69, 9.17) is 9.72 Å². The van der Waals surface area contributed by atoms with Gasteiger partial charge < -0.3 is 14.4 Å². The van der Waals surface area contributed by atoms with Gasteiger partial charge in [-0.2, -0.15) is 0 Å². The quantitative estimate of drug-likeness (QED) is 0.442. The van der Waals surface area contributed by atoms with E-state index in [1.807, 2.05) is 18.2 Å². The molecule has 1 aromatic heterocycles. The fourth-order valence-corrected chi connectivity index (χ4v) is 3.57. The zero-order valence-corrected chi connectivity index (χ0v) is 18.0. The molecule has 0 aliphatic rings. The van der Waals surface area contributed by atoms with Crippen molar-refractivity contribution in [3.8, 4) is 5.75 Å². The molecule has 1 heterocycles. The van der Waals surface area contributed by atoms with Gasteiger partial charge in [0.1, 0.15) is 18.2 Å². The lowest BCUT2D eigenvalue weighted by atomic mass is 9.87. The molecular formula is C26H26N2O3. The summed E-state index contributed by atoms with van der Waals surface area (Å²) in [5.74, 6) is 0.325. The highest BCUT2D eigenvalue weighted by molar-refractivity contribution is 5.88. The number of imidazole rings is 1. The van der Waals surface area contributed by atoms with Gasteiger partial charge in [-0.05, 0) is 46.9 Å². The largest absolute Gasteiger partial charge is 0.486 e. The van der Waals surface area contributed by atoms with E-state index < -0.39 is 5.97 Å². The second-order valence-electron chi connectivity index (χ2n) is 8.67. The Balaban J connectivity index is 1.62. The van der Waals surface area contributed by atoms with Crippen molar-refractivity contribution in [2.75, 3.05) is 0 Å². The van der Waals surface area contributed by atoms with Gasteiger partial charge in [0.2, 0.25) is 0 Å². The van der Waals surface area contributed by atoms with E-state index in [1.165, 1.54) is 17.2 Å². The van der Waals surface area contributed by atoms with Gasteiger partial charge in [0.15, 0.2) is 0 Å². The van der Waals surface area contributed by atoms with E-state index >= 15 is 0 Å². The highest BCUT2D eigenvalue weighted by atomic mass is 16.5. The summed E-state index contributed by atoms with van der Waals surface area (Å²) in [6.07, 6.45) is 0. The second kappa shape index (κ2) is 8.26. The van der Waals surface area contributed by atoms with E-state index in [9.17, 15) is 9.90 Å². The molecule has 3 aromatic carbocycles. The summed E-state index contributed by atoms with van der Waals surface area (Å²) >= 11 is 0. The van der Waals surface area contributed by atoms with E-state index in [-0.39, 0.29) is 17.6 Å². The average molecular weight is 415 g/mol. The number of fused-ring (bicyclic) bond motifs is 1. The molecule has 0 atom stereocenters. The first-order chi connectivity index (χ1) is 14.8. The lowest BCUT2D eigenvalue weighted by Gasteiger charge is -2.19. The Bertz CT molecular complexity index is 1220. The first kappa shape index (κ1) is 20.7. The van der Waals surface area contributed by atoms with Crippen LogP contribution in [-0.2, 0) is 18.6 Å². The highest BCUT2D eigenvalue weighted by Gasteiger charge is 2.15. The van der Waals surface area contributed by atoms with E-state index in [0.29, 0.717) is 12.3 Å². The molecule has 0 spiro atoms. The van der Waals surface area contributed by atoms with Gasteiger partial charge in [-0.1, -0.05) is 63.2 Å². The molecule has 31 heavy (non-hydrogen) atoms. The van der Waals surface area contributed by atoms with Gasteiger partial charge >= 0.3 is 5.97 Å². The molecule has 4 rings (SSSR count). The highest BCUT2D eigenvalue weighted by Crippen LogP contribution is 2.24. The Morgan fingerprint density at radius 1 is 1.00 bits per heavy atom. The number of para-hydroxylation sites is 2. The Kier molecular flexibility index (Phi) is 5.51. The van der Waals surface area contributed by atoms with E-state index in [2.05, 4.69) is 55.7 Å². The first-order valence-electron chi connectivity index (χ1n) is 10.3. The van der Waals surface area contributed by atoms with Crippen molar-refractivity contribution in [2.45, 2.75) is 39.3 Å². The van der Waals surface area contributed by atoms with Crippen LogP contribution in [-0.4, -0.2) is 20.6 Å². The van der Waals surface area contributed by atoms with Crippen molar-refractivity contribution in [1.82, 2.24) is 9.55 Å². The molecule has 0 unspecified atom stereocenters. The lowest BCUT2D eigenvalue weighted by molar-refractivity contribution is 0.0696. The molecule has 4 aromatic rings. The number of carboxylic acid groups (broad SMARTS) is 1. The molecule has 0 amide bonds. The van der Waals surface area contributed by atoms with Crippen LogP contribution in [0.2, 0.25) is 0 Å². The summed E-state index contributed by atoms with van der Waals surface area (Å²) in [5.41, 5.74) is 4.75. The molecule has 0 fully saturated rings. The third-order valence-corrected chi connectivity index (χ3v) is 5.34. The molecule has 0 aliphatic carbocycles. The fourth-order valence-electron chi connectivity index (χ4n) is 3.57. The number of ether oxygens (including phenoxy) is 1. The molecule has 0 radical (unpaired) electrons. The molecular weight excluding hydrogens is 388 g/mol. The van der Waals surface area contributed by atoms with E-state index in [0.717, 1.165) is 16.9 Å². The maximum atomic E-state index is 11.2. The van der Waals surface area contributed by atoms with Crippen LogP contribution in [0.25, 0.3) is 11.0 Å². The maximum absolute atomic E-state index is 11.2. The van der Waals surface area contributed by atoms with Crippen LogP contribution in [0.3, 0.4) is 0 Å². The summed E-state index contributed by atoms with van der Waals surface area (Å²) in [5, 5.41) is 9.20. The van der Waals surface area contributed by atoms with Crippen molar-refractivity contribution in [3.05, 3.63) is 95.3 Å². The summed E-state index contributed by atoms with van der Waals surface area (Å²) in [4.78, 5) is 16.0. The van der Waals surface area contributed by atoms with Crippen LogP contribution in [0.1, 0.15) is 48.1 Å². The summed E-state index contributed by atoms with van der Waals surface area (Å²) in [6, 6.07) is 23.2. The van der Waals surface area contributed by atoms with Gasteiger partial charge in [0.05, 0.1) is 16.6 Å². The van der Waals surface area contributed by atoms with Crippen LogP contribution in [0.4, 0.5) is 0 Å². The van der Waals surface area contributed by atoms with Gasteiger partial charge in [-0.25, -0.2) is 9.78 Å². The molecule has 0 saturated heterocycles. The fraction of sp³-hybridized carbons (Fsp3) is 0.231. The molecule has 1 N–H and O–H groups in total. The second-order valence-corrected chi connectivity index (χ2v) is 8.67. The first-order valence-corrected chi connectivity index (χ1v) is 10.3. The number of aromatic carboxylic acids is 1. The maximum Gasteiger partial charge on any atom is 0.335 e. The SMILES string of the molecule is CC(C)(C)c1ccc(Cn2c(COc3cccc(C(=O)O)c3)nc3ccccc32)cc1. The Morgan fingerprint density at radius 3 is 2.45 bits per heavy atom. The number of hydrogen-bond donors (Lipinski definition) is 1. The predicted octanol–water partition coefficient (Wildman–Crippen LogP) is 5.66. The lowest BCUT2D eigenvalue weighted by Crippen LogP contribution is -2.12. The number of hydrogen-bond acceptors (Lipinski definition) is 3. The summed E-state index contributed by atoms with van der Waals surface area (Å²) < 4.78 is 8.06. The van der Waals surface area contributed by atoms with Gasteiger partial charge in [-0.3, -0.25) is 0 Å². The molecule has 158 valence electrons. The van der Waals surface area contributed by atoms with Crippen molar-refractivity contribution >= 4 is 17.0 Å². The zero-order chi connectivity index (χ0) is 22.0. The third kappa shape index (κ3) is 4.61. The van der Waals surface area contributed by atoms with Crippen molar-refractivity contribution in [2.24, 2.45) is 0 Å².